The number of hydrogen-bond donors (Lipinski definition) is 1. The van der Waals surface area contributed by atoms with Gasteiger partial charge in [0.15, 0.2) is 0 Å². The van der Waals surface area contributed by atoms with Crippen LogP contribution in [0, 0.1) is 5.82 Å². The van der Waals surface area contributed by atoms with E-state index < -0.39 is 0 Å². The number of halogens is 2. The molecule has 0 radical (unpaired) electrons. The van der Waals surface area contributed by atoms with E-state index in [1.165, 1.54) is 11.1 Å². The van der Waals surface area contributed by atoms with Crippen molar-refractivity contribution in [2.24, 2.45) is 0 Å². The van der Waals surface area contributed by atoms with Crippen molar-refractivity contribution in [3.05, 3.63) is 69.4 Å². The molecule has 0 spiro atoms. The predicted molar refractivity (Wildman–Crippen MR) is 83.4 cm³/mol. The first-order valence-electron chi connectivity index (χ1n) is 6.97. The van der Waals surface area contributed by atoms with Crippen molar-refractivity contribution in [1.29, 1.82) is 0 Å². The summed E-state index contributed by atoms with van der Waals surface area (Å²) in [6.07, 6.45) is 1.01. The maximum Gasteiger partial charge on any atom is 0.142 e. The van der Waals surface area contributed by atoms with Gasteiger partial charge in [-0.2, -0.15) is 0 Å². The van der Waals surface area contributed by atoms with Crippen molar-refractivity contribution in [1.82, 2.24) is 5.32 Å². The van der Waals surface area contributed by atoms with Crippen molar-refractivity contribution in [3.8, 4) is 0 Å². The van der Waals surface area contributed by atoms with Crippen molar-refractivity contribution in [3.63, 3.8) is 0 Å². The second kappa shape index (κ2) is 5.66. The molecule has 2 aromatic carbocycles. The maximum atomic E-state index is 14.4. The Morgan fingerprint density at radius 1 is 1.25 bits per heavy atom. The summed E-state index contributed by atoms with van der Waals surface area (Å²) in [5.74, 6) is 0.206. The van der Waals surface area contributed by atoms with Crippen LogP contribution >= 0.6 is 15.9 Å². The number of nitrogens with one attached hydrogen (secondary N) is 1. The van der Waals surface area contributed by atoms with Crippen molar-refractivity contribution in [2.75, 3.05) is 6.54 Å². The number of rotatable bonds is 4. The van der Waals surface area contributed by atoms with E-state index in [9.17, 15) is 4.39 Å². The molecule has 1 nitrogen and oxygen atoms in total. The van der Waals surface area contributed by atoms with Crippen LogP contribution in [0.1, 0.15) is 35.6 Å². The minimum absolute atomic E-state index is 0.0346. The van der Waals surface area contributed by atoms with E-state index in [2.05, 4.69) is 52.4 Å². The van der Waals surface area contributed by atoms with Gasteiger partial charge in [-0.05, 0) is 46.1 Å². The largest absolute Gasteiger partial charge is 0.310 e. The summed E-state index contributed by atoms with van der Waals surface area (Å²) in [6, 6.07) is 14.0. The second-order valence-corrected chi connectivity index (χ2v) is 6.04. The highest BCUT2D eigenvalue weighted by Gasteiger charge is 2.34. The van der Waals surface area contributed by atoms with Gasteiger partial charge in [0.05, 0.1) is 4.47 Å². The monoisotopic (exact) mass is 333 g/mol. The minimum atomic E-state index is -0.150. The van der Waals surface area contributed by atoms with Crippen LogP contribution in [0.4, 0.5) is 4.39 Å². The average Bonchev–Trinajstić information content (AvgIpc) is 2.42. The van der Waals surface area contributed by atoms with Gasteiger partial charge in [0.2, 0.25) is 0 Å². The van der Waals surface area contributed by atoms with Crippen LogP contribution in [0.2, 0.25) is 0 Å². The fraction of sp³-hybridized carbons (Fsp3) is 0.294. The van der Waals surface area contributed by atoms with Gasteiger partial charge in [0, 0.05) is 17.5 Å². The Hall–Kier alpha value is -1.19. The molecule has 3 heteroatoms. The molecule has 20 heavy (non-hydrogen) atoms. The Morgan fingerprint density at radius 2 is 2.05 bits per heavy atom. The molecule has 0 saturated carbocycles. The van der Waals surface area contributed by atoms with Crippen LogP contribution in [-0.4, -0.2) is 6.54 Å². The van der Waals surface area contributed by atoms with Gasteiger partial charge < -0.3 is 5.32 Å². The number of hydrogen-bond acceptors (Lipinski definition) is 1. The molecule has 104 valence electrons. The molecule has 0 aliphatic heterocycles. The van der Waals surface area contributed by atoms with Crippen LogP contribution < -0.4 is 5.32 Å². The van der Waals surface area contributed by atoms with E-state index in [0.29, 0.717) is 10.4 Å². The molecule has 0 fully saturated rings. The van der Waals surface area contributed by atoms with Crippen LogP contribution in [-0.2, 0) is 6.42 Å². The molecule has 2 aromatic rings. The van der Waals surface area contributed by atoms with E-state index in [-0.39, 0.29) is 11.9 Å². The third kappa shape index (κ3) is 2.29. The summed E-state index contributed by atoms with van der Waals surface area (Å²) in [4.78, 5) is 0. The average molecular weight is 334 g/mol. The van der Waals surface area contributed by atoms with E-state index in [1.807, 2.05) is 12.1 Å². The van der Waals surface area contributed by atoms with E-state index in [0.717, 1.165) is 18.5 Å². The molecule has 0 aromatic heterocycles. The Kier molecular flexibility index (Phi) is 3.90. The summed E-state index contributed by atoms with van der Waals surface area (Å²) < 4.78 is 14.9. The molecular formula is C17H17BrFN. The van der Waals surface area contributed by atoms with Crippen LogP contribution in [0.5, 0.6) is 0 Å². The van der Waals surface area contributed by atoms with Gasteiger partial charge in [-0.1, -0.05) is 43.3 Å². The Morgan fingerprint density at radius 3 is 2.80 bits per heavy atom. The summed E-state index contributed by atoms with van der Waals surface area (Å²) in [6.45, 7) is 2.89. The fourth-order valence-corrected chi connectivity index (χ4v) is 3.43. The van der Waals surface area contributed by atoms with Crippen molar-refractivity contribution >= 4 is 15.9 Å². The molecule has 0 amide bonds. The zero-order valence-corrected chi connectivity index (χ0v) is 13.0. The van der Waals surface area contributed by atoms with Gasteiger partial charge in [-0.15, -0.1) is 0 Å². The summed E-state index contributed by atoms with van der Waals surface area (Å²) in [7, 11) is 0. The van der Waals surface area contributed by atoms with E-state index in [4.69, 9.17) is 0 Å². The zero-order chi connectivity index (χ0) is 14.1. The predicted octanol–water partition coefficient (Wildman–Crippen LogP) is 4.58. The molecule has 1 aliphatic rings. The normalized spacial score (nSPS) is 18.2. The third-order valence-corrected chi connectivity index (χ3v) is 4.65. The fourth-order valence-electron chi connectivity index (χ4n) is 3.04. The third-order valence-electron chi connectivity index (χ3n) is 4.04. The first-order valence-corrected chi connectivity index (χ1v) is 7.76. The number of fused-ring (bicyclic) bond motifs is 1. The lowest BCUT2D eigenvalue weighted by atomic mass is 9.71. The quantitative estimate of drug-likeness (QED) is 0.863. The SMILES string of the molecule is CCNC(c1cccc(Br)c1F)C1Cc2ccccc21. The van der Waals surface area contributed by atoms with Crippen LogP contribution in [0.25, 0.3) is 0 Å². The van der Waals surface area contributed by atoms with E-state index in [1.54, 1.807) is 6.07 Å². The number of benzene rings is 2. The standard InChI is InChI=1S/C17H17BrFN/c1-2-20-17(13-8-5-9-15(18)16(13)19)14-10-11-6-3-4-7-12(11)14/h3-9,14,17,20H,2,10H2,1H3. The molecule has 2 unspecified atom stereocenters. The van der Waals surface area contributed by atoms with Gasteiger partial charge in [0.25, 0.3) is 0 Å². The van der Waals surface area contributed by atoms with Gasteiger partial charge in [0.1, 0.15) is 5.82 Å². The molecule has 0 bridgehead atoms. The molecule has 0 saturated heterocycles. The smallest absolute Gasteiger partial charge is 0.142 e. The molecular weight excluding hydrogens is 317 g/mol. The molecule has 1 N–H and O–H groups in total. The maximum absolute atomic E-state index is 14.4. The lowest BCUT2D eigenvalue weighted by Crippen LogP contribution is -2.33. The topological polar surface area (TPSA) is 12.0 Å². The first-order chi connectivity index (χ1) is 9.72. The highest BCUT2D eigenvalue weighted by Crippen LogP contribution is 2.44. The second-order valence-electron chi connectivity index (χ2n) is 5.19. The van der Waals surface area contributed by atoms with Crippen LogP contribution in [0.3, 0.4) is 0 Å². The molecule has 1 aliphatic carbocycles. The van der Waals surface area contributed by atoms with Gasteiger partial charge in [-0.25, -0.2) is 4.39 Å². The zero-order valence-electron chi connectivity index (χ0n) is 11.4. The molecule has 0 heterocycles. The summed E-state index contributed by atoms with van der Waals surface area (Å²) >= 11 is 3.28. The molecule has 3 rings (SSSR count). The highest BCUT2D eigenvalue weighted by molar-refractivity contribution is 9.10. The van der Waals surface area contributed by atoms with Crippen molar-refractivity contribution in [2.45, 2.75) is 25.3 Å². The Balaban J connectivity index is 1.97. The Labute approximate surface area is 127 Å². The van der Waals surface area contributed by atoms with Gasteiger partial charge in [-0.3, -0.25) is 0 Å². The molecule has 2 atom stereocenters. The lowest BCUT2D eigenvalue weighted by Gasteiger charge is -2.37. The van der Waals surface area contributed by atoms with Crippen LogP contribution in [0.15, 0.2) is 46.9 Å². The minimum Gasteiger partial charge on any atom is -0.310 e. The summed E-state index contributed by atoms with van der Waals surface area (Å²) in [5, 5.41) is 3.45. The van der Waals surface area contributed by atoms with Gasteiger partial charge >= 0.3 is 0 Å². The van der Waals surface area contributed by atoms with E-state index >= 15 is 0 Å². The first kappa shape index (κ1) is 13.8. The van der Waals surface area contributed by atoms with Crippen molar-refractivity contribution < 1.29 is 4.39 Å². The lowest BCUT2D eigenvalue weighted by molar-refractivity contribution is 0.404. The Bertz CT molecular complexity index is 626. The summed E-state index contributed by atoms with van der Waals surface area (Å²) in [5.41, 5.74) is 3.48. The highest BCUT2D eigenvalue weighted by atomic mass is 79.9. The number of likely N-dealkylation sites (N-methyl/N-ethyl adjacent to an activating group) is 1.